The van der Waals surface area contributed by atoms with Crippen molar-refractivity contribution in [2.24, 2.45) is 0 Å². The van der Waals surface area contributed by atoms with Gasteiger partial charge >= 0.3 is 0 Å². The van der Waals surface area contributed by atoms with Crippen LogP contribution in [0.1, 0.15) is 0 Å². The molecular formula is C46H30N2O. The van der Waals surface area contributed by atoms with Gasteiger partial charge in [0.05, 0.1) is 11.4 Å². The zero-order chi connectivity index (χ0) is 32.6. The van der Waals surface area contributed by atoms with Gasteiger partial charge in [-0.2, -0.15) is 0 Å². The van der Waals surface area contributed by atoms with Crippen molar-refractivity contribution in [1.29, 1.82) is 0 Å². The van der Waals surface area contributed by atoms with E-state index in [9.17, 15) is 0 Å². The molecule has 9 rings (SSSR count). The molecule has 0 aliphatic rings. The second-order valence-electron chi connectivity index (χ2n) is 12.2. The topological polar surface area (TPSA) is 38.9 Å². The molecule has 0 saturated carbocycles. The summed E-state index contributed by atoms with van der Waals surface area (Å²) in [6.45, 7) is 0. The Kier molecular flexibility index (Phi) is 7.14. The first-order valence-corrected chi connectivity index (χ1v) is 16.5. The molecule has 7 aromatic carbocycles. The molecule has 230 valence electrons. The number of nitrogens with zero attached hydrogens (tertiary/aromatic N) is 2. The van der Waals surface area contributed by atoms with Crippen LogP contribution in [0.2, 0.25) is 0 Å². The minimum Gasteiger partial charge on any atom is -0.456 e. The number of rotatable bonds is 6. The van der Waals surface area contributed by atoms with Crippen LogP contribution in [0, 0.1) is 0 Å². The number of fused-ring (bicyclic) bond motifs is 3. The molecule has 0 unspecified atom stereocenters. The maximum atomic E-state index is 6.29. The Morgan fingerprint density at radius 2 is 0.755 bits per heavy atom. The van der Waals surface area contributed by atoms with Gasteiger partial charge in [0.1, 0.15) is 11.2 Å². The lowest BCUT2D eigenvalue weighted by molar-refractivity contribution is 0.669. The van der Waals surface area contributed by atoms with E-state index in [1.165, 1.54) is 11.1 Å². The fourth-order valence-electron chi connectivity index (χ4n) is 6.57. The van der Waals surface area contributed by atoms with E-state index in [0.717, 1.165) is 72.3 Å². The van der Waals surface area contributed by atoms with Crippen molar-refractivity contribution in [3.63, 3.8) is 0 Å². The van der Waals surface area contributed by atoms with Crippen LogP contribution in [0.15, 0.2) is 186 Å². The lowest BCUT2D eigenvalue weighted by Gasteiger charge is -2.13. The zero-order valence-corrected chi connectivity index (χ0v) is 26.6. The molecule has 0 N–H and O–H groups in total. The van der Waals surface area contributed by atoms with Gasteiger partial charge in [-0.25, -0.2) is 9.97 Å². The average molecular weight is 627 g/mol. The molecule has 2 heterocycles. The van der Waals surface area contributed by atoms with Crippen LogP contribution in [0.25, 0.3) is 89.2 Å². The second kappa shape index (κ2) is 12.2. The van der Waals surface area contributed by atoms with Crippen LogP contribution < -0.4 is 0 Å². The summed E-state index contributed by atoms with van der Waals surface area (Å²) in [4.78, 5) is 10.3. The lowest BCUT2D eigenvalue weighted by Crippen LogP contribution is -1.96. The fourth-order valence-corrected chi connectivity index (χ4v) is 6.57. The Morgan fingerprint density at radius 1 is 0.286 bits per heavy atom. The molecule has 0 atom stereocenters. The summed E-state index contributed by atoms with van der Waals surface area (Å²) in [6, 6.07) is 63.3. The Balaban J connectivity index is 1.21. The summed E-state index contributed by atoms with van der Waals surface area (Å²) in [5.41, 5.74) is 13.3. The van der Waals surface area contributed by atoms with E-state index < -0.39 is 0 Å². The Hall–Kier alpha value is -6.58. The van der Waals surface area contributed by atoms with Crippen molar-refractivity contribution in [3.05, 3.63) is 182 Å². The molecule has 0 saturated heterocycles. The number of para-hydroxylation sites is 1. The van der Waals surface area contributed by atoms with Gasteiger partial charge in [0, 0.05) is 27.5 Å². The van der Waals surface area contributed by atoms with Gasteiger partial charge in [-0.3, -0.25) is 0 Å². The first kappa shape index (κ1) is 28.6. The van der Waals surface area contributed by atoms with Crippen LogP contribution in [-0.4, -0.2) is 9.97 Å². The van der Waals surface area contributed by atoms with E-state index in [4.69, 9.17) is 14.4 Å². The molecule has 0 aliphatic carbocycles. The largest absolute Gasteiger partial charge is 0.456 e. The van der Waals surface area contributed by atoms with Crippen molar-refractivity contribution in [2.45, 2.75) is 0 Å². The molecule has 0 amide bonds. The molecule has 3 nitrogen and oxygen atoms in total. The molecule has 0 aliphatic heterocycles. The molecule has 9 aromatic rings. The van der Waals surface area contributed by atoms with Crippen LogP contribution >= 0.6 is 0 Å². The van der Waals surface area contributed by atoms with E-state index >= 15 is 0 Å². The molecule has 0 bridgehead atoms. The molecule has 49 heavy (non-hydrogen) atoms. The van der Waals surface area contributed by atoms with Crippen molar-refractivity contribution in [3.8, 4) is 67.3 Å². The predicted octanol–water partition coefficient (Wildman–Crippen LogP) is 12.4. The van der Waals surface area contributed by atoms with Crippen LogP contribution in [-0.2, 0) is 0 Å². The van der Waals surface area contributed by atoms with Gasteiger partial charge in [-0.05, 0) is 75.8 Å². The highest BCUT2D eigenvalue weighted by Crippen LogP contribution is 2.37. The number of benzene rings is 7. The summed E-state index contributed by atoms with van der Waals surface area (Å²) in [7, 11) is 0. The fraction of sp³-hybridized carbons (Fsp3) is 0. The first-order valence-electron chi connectivity index (χ1n) is 16.5. The van der Waals surface area contributed by atoms with E-state index in [1.807, 2.05) is 36.4 Å². The molecule has 2 aromatic heterocycles. The van der Waals surface area contributed by atoms with Gasteiger partial charge in [-0.15, -0.1) is 0 Å². The van der Waals surface area contributed by atoms with Gasteiger partial charge in [-0.1, -0.05) is 140 Å². The van der Waals surface area contributed by atoms with Crippen LogP contribution in [0.4, 0.5) is 0 Å². The third-order valence-corrected chi connectivity index (χ3v) is 9.09. The predicted molar refractivity (Wildman–Crippen MR) is 202 cm³/mol. The zero-order valence-electron chi connectivity index (χ0n) is 26.6. The smallest absolute Gasteiger partial charge is 0.160 e. The Morgan fingerprint density at radius 3 is 1.45 bits per heavy atom. The Bertz CT molecular complexity index is 2570. The molecule has 0 radical (unpaired) electrons. The number of furan rings is 1. The normalized spacial score (nSPS) is 11.3. The third-order valence-electron chi connectivity index (χ3n) is 9.09. The van der Waals surface area contributed by atoms with Gasteiger partial charge in [0.15, 0.2) is 5.82 Å². The van der Waals surface area contributed by atoms with E-state index in [2.05, 4.69) is 146 Å². The summed E-state index contributed by atoms with van der Waals surface area (Å²) < 4.78 is 6.29. The number of hydrogen-bond acceptors (Lipinski definition) is 3. The monoisotopic (exact) mass is 626 g/mol. The third kappa shape index (κ3) is 5.58. The van der Waals surface area contributed by atoms with Gasteiger partial charge in [0.25, 0.3) is 0 Å². The summed E-state index contributed by atoms with van der Waals surface area (Å²) in [5, 5.41) is 2.24. The van der Waals surface area contributed by atoms with Crippen LogP contribution in [0.5, 0.6) is 0 Å². The number of aromatic nitrogens is 2. The van der Waals surface area contributed by atoms with E-state index in [1.54, 1.807) is 0 Å². The maximum absolute atomic E-state index is 6.29. The molecule has 3 heteroatoms. The minimum absolute atomic E-state index is 0.690. The quantitative estimate of drug-likeness (QED) is 0.184. The van der Waals surface area contributed by atoms with Crippen molar-refractivity contribution in [1.82, 2.24) is 9.97 Å². The first-order chi connectivity index (χ1) is 24.2. The second-order valence-corrected chi connectivity index (χ2v) is 12.2. The maximum Gasteiger partial charge on any atom is 0.160 e. The van der Waals surface area contributed by atoms with Gasteiger partial charge < -0.3 is 4.42 Å². The van der Waals surface area contributed by atoms with Crippen molar-refractivity contribution in [2.75, 3.05) is 0 Å². The summed E-state index contributed by atoms with van der Waals surface area (Å²) >= 11 is 0. The lowest BCUT2D eigenvalue weighted by atomic mass is 9.94. The van der Waals surface area contributed by atoms with E-state index in [0.29, 0.717) is 5.82 Å². The SMILES string of the molecule is c1ccc(-c2ccc(-c3cc(-c4cc(-c5ccccc5)cc(-c5ccc6c(c5)oc5ccccc56)c4)nc(-c4ccccc4)n3)cc2)cc1. The molecule has 0 spiro atoms. The minimum atomic E-state index is 0.690. The molecule has 0 fully saturated rings. The van der Waals surface area contributed by atoms with Crippen molar-refractivity contribution < 1.29 is 4.42 Å². The highest BCUT2D eigenvalue weighted by atomic mass is 16.3. The average Bonchev–Trinajstić information content (AvgIpc) is 3.57. The summed E-state index contributed by atoms with van der Waals surface area (Å²) in [5.74, 6) is 0.690. The number of hydrogen-bond donors (Lipinski definition) is 0. The highest BCUT2D eigenvalue weighted by molar-refractivity contribution is 6.06. The van der Waals surface area contributed by atoms with Crippen molar-refractivity contribution >= 4 is 21.9 Å². The van der Waals surface area contributed by atoms with Crippen LogP contribution in [0.3, 0.4) is 0 Å². The standard InChI is InChI=1S/C46H30N2O/c1-4-12-31(13-5-1)33-20-22-34(23-21-33)42-30-43(48-46(47-42)35-16-8-3-9-17-35)39-27-37(32-14-6-2-7-15-32)26-38(28-39)36-24-25-41-40-18-10-11-19-44(40)49-45(41)29-36/h1-30H. The highest BCUT2D eigenvalue weighted by Gasteiger charge is 2.15. The van der Waals surface area contributed by atoms with E-state index in [-0.39, 0.29) is 0 Å². The Labute approximate surface area is 284 Å². The van der Waals surface area contributed by atoms with Gasteiger partial charge in [0.2, 0.25) is 0 Å². The summed E-state index contributed by atoms with van der Waals surface area (Å²) in [6.07, 6.45) is 0. The molecular weight excluding hydrogens is 597 g/mol.